The minimum atomic E-state index is -1.16. The Labute approximate surface area is 166 Å². The van der Waals surface area contributed by atoms with Gasteiger partial charge in [-0.25, -0.2) is 4.79 Å². The van der Waals surface area contributed by atoms with E-state index < -0.39 is 22.9 Å². The molecule has 0 aliphatic carbocycles. The zero-order valence-electron chi connectivity index (χ0n) is 15.7. The SMILES string of the molecule is COc1ccc(C(=O)O[C@H](C)C(=O)Nc2ccccc2[N+](=O)[O-])c2ccccc12. The number of hydrogen-bond donors (Lipinski definition) is 1. The van der Waals surface area contributed by atoms with E-state index in [2.05, 4.69) is 5.32 Å². The van der Waals surface area contributed by atoms with Crippen LogP contribution in [0.4, 0.5) is 11.4 Å². The van der Waals surface area contributed by atoms with E-state index in [0.29, 0.717) is 11.1 Å². The number of rotatable bonds is 6. The van der Waals surface area contributed by atoms with Gasteiger partial charge < -0.3 is 14.8 Å². The van der Waals surface area contributed by atoms with E-state index in [1.54, 1.807) is 30.3 Å². The minimum absolute atomic E-state index is 0.0281. The maximum Gasteiger partial charge on any atom is 0.339 e. The molecule has 148 valence electrons. The molecule has 8 nitrogen and oxygen atoms in total. The molecule has 0 fully saturated rings. The number of esters is 1. The number of carbonyl (C=O) groups excluding carboxylic acids is 2. The van der Waals surface area contributed by atoms with Gasteiger partial charge in [-0.05, 0) is 30.5 Å². The van der Waals surface area contributed by atoms with Gasteiger partial charge in [0.2, 0.25) is 0 Å². The van der Waals surface area contributed by atoms with Gasteiger partial charge in [-0.15, -0.1) is 0 Å². The Hall–Kier alpha value is -3.94. The number of carbonyl (C=O) groups is 2. The molecule has 0 bridgehead atoms. The molecule has 3 aromatic rings. The monoisotopic (exact) mass is 394 g/mol. The highest BCUT2D eigenvalue weighted by Crippen LogP contribution is 2.29. The maximum absolute atomic E-state index is 12.6. The van der Waals surface area contributed by atoms with Gasteiger partial charge in [0.25, 0.3) is 11.6 Å². The molecule has 3 aromatic carbocycles. The van der Waals surface area contributed by atoms with Crippen LogP contribution in [0.1, 0.15) is 17.3 Å². The van der Waals surface area contributed by atoms with Crippen LogP contribution in [-0.4, -0.2) is 30.0 Å². The second kappa shape index (κ2) is 8.39. The van der Waals surface area contributed by atoms with E-state index in [9.17, 15) is 19.7 Å². The van der Waals surface area contributed by atoms with Crippen LogP contribution in [0.25, 0.3) is 10.8 Å². The first-order valence-electron chi connectivity index (χ1n) is 8.73. The Bertz CT molecular complexity index is 1100. The van der Waals surface area contributed by atoms with Crippen molar-refractivity contribution in [2.45, 2.75) is 13.0 Å². The number of benzene rings is 3. The highest BCUT2D eigenvalue weighted by molar-refractivity contribution is 6.07. The Morgan fingerprint density at radius 1 is 1.00 bits per heavy atom. The van der Waals surface area contributed by atoms with Gasteiger partial charge in [-0.2, -0.15) is 0 Å². The lowest BCUT2D eigenvalue weighted by molar-refractivity contribution is -0.383. The second-order valence-corrected chi connectivity index (χ2v) is 6.17. The molecule has 0 aliphatic heterocycles. The molecule has 0 radical (unpaired) electrons. The lowest BCUT2D eigenvalue weighted by Gasteiger charge is -2.15. The molecule has 29 heavy (non-hydrogen) atoms. The number of nitro groups is 1. The van der Waals surface area contributed by atoms with Crippen molar-refractivity contribution >= 4 is 34.0 Å². The number of fused-ring (bicyclic) bond motifs is 1. The van der Waals surface area contributed by atoms with Crippen molar-refractivity contribution in [1.29, 1.82) is 0 Å². The van der Waals surface area contributed by atoms with Crippen LogP contribution in [0.3, 0.4) is 0 Å². The molecular weight excluding hydrogens is 376 g/mol. The van der Waals surface area contributed by atoms with Crippen molar-refractivity contribution in [2.24, 2.45) is 0 Å². The average Bonchev–Trinajstić information content (AvgIpc) is 2.72. The van der Waals surface area contributed by atoms with Crippen molar-refractivity contribution in [3.8, 4) is 5.75 Å². The van der Waals surface area contributed by atoms with Crippen LogP contribution in [0.15, 0.2) is 60.7 Å². The first-order chi connectivity index (χ1) is 13.9. The second-order valence-electron chi connectivity index (χ2n) is 6.17. The summed E-state index contributed by atoms with van der Waals surface area (Å²) in [5.41, 5.74) is 0.0626. The summed E-state index contributed by atoms with van der Waals surface area (Å²) in [5.74, 6) is -0.751. The number of nitrogens with zero attached hydrogens (tertiary/aromatic N) is 1. The van der Waals surface area contributed by atoms with Gasteiger partial charge in [0, 0.05) is 11.5 Å². The largest absolute Gasteiger partial charge is 0.496 e. The maximum atomic E-state index is 12.6. The molecule has 0 unspecified atom stereocenters. The Morgan fingerprint density at radius 3 is 2.34 bits per heavy atom. The van der Waals surface area contributed by atoms with Gasteiger partial charge >= 0.3 is 5.97 Å². The third-order valence-corrected chi connectivity index (χ3v) is 4.34. The molecule has 0 aromatic heterocycles. The third-order valence-electron chi connectivity index (χ3n) is 4.34. The fourth-order valence-corrected chi connectivity index (χ4v) is 2.88. The standard InChI is InChI=1S/C21H18N2O6/c1-13(20(24)22-17-9-5-6-10-18(17)23(26)27)29-21(25)16-11-12-19(28-2)15-8-4-3-7-14(15)16/h3-13H,1-2H3,(H,22,24)/t13-/m1/s1. The van der Waals surface area contributed by atoms with Crippen molar-refractivity contribution in [2.75, 3.05) is 12.4 Å². The smallest absolute Gasteiger partial charge is 0.339 e. The van der Waals surface area contributed by atoms with Gasteiger partial charge in [0.1, 0.15) is 11.4 Å². The number of methoxy groups -OCH3 is 1. The van der Waals surface area contributed by atoms with E-state index in [0.717, 1.165) is 5.39 Å². The number of hydrogen-bond acceptors (Lipinski definition) is 6. The number of ether oxygens (including phenoxy) is 2. The molecule has 0 heterocycles. The van der Waals surface area contributed by atoms with Crippen LogP contribution in [0.5, 0.6) is 5.75 Å². The number of para-hydroxylation sites is 2. The van der Waals surface area contributed by atoms with Crippen molar-refractivity contribution in [3.63, 3.8) is 0 Å². The summed E-state index contributed by atoms with van der Waals surface area (Å²) in [4.78, 5) is 35.5. The summed E-state index contributed by atoms with van der Waals surface area (Å²) in [7, 11) is 1.54. The Morgan fingerprint density at radius 2 is 1.66 bits per heavy atom. The van der Waals surface area contributed by atoms with Gasteiger partial charge in [0.05, 0.1) is 17.6 Å². The predicted octanol–water partition coefficient (Wildman–Crippen LogP) is 3.94. The summed E-state index contributed by atoms with van der Waals surface area (Å²) in [5, 5.41) is 14.9. The van der Waals surface area contributed by atoms with Crippen molar-refractivity contribution < 1.29 is 24.0 Å². The molecule has 0 aliphatic rings. The van der Waals surface area contributed by atoms with Gasteiger partial charge in [0.15, 0.2) is 6.10 Å². The first kappa shape index (κ1) is 19.8. The average molecular weight is 394 g/mol. The molecule has 1 atom stereocenters. The number of nitrogens with one attached hydrogen (secondary N) is 1. The summed E-state index contributed by atoms with van der Waals surface area (Å²) < 4.78 is 10.6. The molecule has 8 heteroatoms. The van der Waals surface area contributed by atoms with Crippen LogP contribution >= 0.6 is 0 Å². The fourth-order valence-electron chi connectivity index (χ4n) is 2.88. The summed E-state index contributed by atoms with van der Waals surface area (Å²) in [6.45, 7) is 1.40. The minimum Gasteiger partial charge on any atom is -0.496 e. The summed E-state index contributed by atoms with van der Waals surface area (Å²) >= 11 is 0. The Balaban J connectivity index is 1.79. The zero-order valence-corrected chi connectivity index (χ0v) is 15.7. The lowest BCUT2D eigenvalue weighted by Crippen LogP contribution is -2.30. The third kappa shape index (κ3) is 4.16. The quantitative estimate of drug-likeness (QED) is 0.385. The van der Waals surface area contributed by atoms with Crippen LogP contribution in [0.2, 0.25) is 0 Å². The first-order valence-corrected chi connectivity index (χ1v) is 8.73. The fraction of sp³-hybridized carbons (Fsp3) is 0.143. The molecule has 0 saturated carbocycles. The summed E-state index contributed by atoms with van der Waals surface area (Å²) in [6, 6.07) is 16.1. The lowest BCUT2D eigenvalue weighted by atomic mass is 10.0. The van der Waals surface area contributed by atoms with Gasteiger partial charge in [-0.1, -0.05) is 36.4 Å². The molecule has 1 amide bonds. The van der Waals surface area contributed by atoms with E-state index >= 15 is 0 Å². The van der Waals surface area contributed by atoms with E-state index in [1.807, 2.05) is 12.1 Å². The molecule has 3 rings (SSSR count). The van der Waals surface area contributed by atoms with Crippen LogP contribution in [-0.2, 0) is 9.53 Å². The van der Waals surface area contributed by atoms with E-state index in [4.69, 9.17) is 9.47 Å². The van der Waals surface area contributed by atoms with Gasteiger partial charge in [-0.3, -0.25) is 14.9 Å². The normalized spacial score (nSPS) is 11.5. The number of amides is 1. The molecule has 0 spiro atoms. The zero-order chi connectivity index (χ0) is 21.0. The van der Waals surface area contributed by atoms with Crippen LogP contribution in [0, 0.1) is 10.1 Å². The number of anilines is 1. The topological polar surface area (TPSA) is 108 Å². The van der Waals surface area contributed by atoms with Crippen LogP contribution < -0.4 is 10.1 Å². The predicted molar refractivity (Wildman–Crippen MR) is 107 cm³/mol. The number of nitro benzene ring substituents is 1. The highest BCUT2D eigenvalue weighted by atomic mass is 16.6. The summed E-state index contributed by atoms with van der Waals surface area (Å²) in [6.07, 6.45) is -1.16. The molecule has 1 N–H and O–H groups in total. The van der Waals surface area contributed by atoms with Crippen molar-refractivity contribution in [3.05, 3.63) is 76.3 Å². The molecular formula is C21H18N2O6. The Kier molecular flexibility index (Phi) is 5.73. The van der Waals surface area contributed by atoms with Crippen molar-refractivity contribution in [1.82, 2.24) is 0 Å². The highest BCUT2D eigenvalue weighted by Gasteiger charge is 2.23. The van der Waals surface area contributed by atoms with E-state index in [1.165, 1.54) is 32.2 Å². The molecule has 0 saturated heterocycles. The van der Waals surface area contributed by atoms with E-state index in [-0.39, 0.29) is 16.9 Å².